The largest absolute Gasteiger partial charge is 0.478 e. The molecule has 0 amide bonds. The molecular formula is C15H18N8O2. The number of azo groups is 1. The second-order valence-electron chi connectivity index (χ2n) is 5.37. The molecule has 10 nitrogen and oxygen atoms in total. The molecular weight excluding hydrogens is 324 g/mol. The van der Waals surface area contributed by atoms with E-state index in [2.05, 4.69) is 20.5 Å². The summed E-state index contributed by atoms with van der Waals surface area (Å²) in [6.45, 7) is 5.98. The maximum Gasteiger partial charge on any atom is 0.361 e. The highest BCUT2D eigenvalue weighted by atomic mass is 16.4. The lowest BCUT2D eigenvalue weighted by Crippen LogP contribution is -2.42. The van der Waals surface area contributed by atoms with Gasteiger partial charge in [-0.1, -0.05) is 6.92 Å². The zero-order chi connectivity index (χ0) is 19.5. The number of nitriles is 4. The van der Waals surface area contributed by atoms with Crippen molar-refractivity contribution in [3.05, 3.63) is 0 Å². The van der Waals surface area contributed by atoms with Gasteiger partial charge in [-0.3, -0.25) is 0 Å². The maximum atomic E-state index is 10.7. The molecule has 1 aliphatic heterocycles. The fourth-order valence-electron chi connectivity index (χ4n) is 1.52. The first-order chi connectivity index (χ1) is 11.8. The lowest BCUT2D eigenvalue weighted by atomic mass is 9.78. The fraction of sp³-hybridized carbons (Fsp3) is 0.667. The van der Waals surface area contributed by atoms with Crippen LogP contribution in [-0.2, 0) is 4.79 Å². The van der Waals surface area contributed by atoms with Gasteiger partial charge in [0.2, 0.25) is 5.41 Å². The van der Waals surface area contributed by atoms with Crippen molar-refractivity contribution >= 4 is 5.97 Å². The predicted molar refractivity (Wildman–Crippen MR) is 83.3 cm³/mol. The van der Waals surface area contributed by atoms with E-state index in [1.165, 1.54) is 0 Å². The smallest absolute Gasteiger partial charge is 0.361 e. The minimum Gasteiger partial charge on any atom is -0.478 e. The minimum absolute atomic E-state index is 0.0826. The molecule has 0 bridgehead atoms. The van der Waals surface area contributed by atoms with E-state index in [4.69, 9.17) is 26.2 Å². The van der Waals surface area contributed by atoms with Gasteiger partial charge in [0.05, 0.1) is 49.2 Å². The topological polar surface area (TPSA) is 182 Å². The van der Waals surface area contributed by atoms with Gasteiger partial charge in [-0.05, 0) is 20.3 Å². The van der Waals surface area contributed by atoms with Gasteiger partial charge in [-0.15, -0.1) is 10.2 Å². The number of hydrogen-bond donors (Lipinski definition) is 1. The Labute approximate surface area is 145 Å². The van der Waals surface area contributed by atoms with Crippen LogP contribution in [0.2, 0.25) is 0 Å². The molecule has 0 saturated heterocycles. The molecule has 10 heteroatoms. The van der Waals surface area contributed by atoms with Gasteiger partial charge in [-0.25, -0.2) is 4.79 Å². The highest BCUT2D eigenvalue weighted by Gasteiger charge is 2.66. The molecule has 1 aliphatic rings. The van der Waals surface area contributed by atoms with Crippen molar-refractivity contribution in [1.82, 2.24) is 0 Å². The van der Waals surface area contributed by atoms with Gasteiger partial charge in [0.1, 0.15) is 0 Å². The molecule has 25 heavy (non-hydrogen) atoms. The van der Waals surface area contributed by atoms with Crippen molar-refractivity contribution in [1.29, 1.82) is 21.0 Å². The standard InChI is InChI=1S/C8H12N4.C7H6N4O2/c1-7(3-9)5-11-12-6-8(2)4-10;1-2-6(3-8,4-9)7(5(12)13)10-11-7/h7-8H,5-6H2,1-2H3;2H2,1H3,(H,12,13). The van der Waals surface area contributed by atoms with Crippen LogP contribution in [0.3, 0.4) is 0 Å². The normalized spacial score (nSPS) is 16.1. The van der Waals surface area contributed by atoms with Gasteiger partial charge >= 0.3 is 11.6 Å². The van der Waals surface area contributed by atoms with Crippen LogP contribution in [0.5, 0.6) is 0 Å². The summed E-state index contributed by atoms with van der Waals surface area (Å²) >= 11 is 0. The summed E-state index contributed by atoms with van der Waals surface area (Å²) in [6, 6.07) is 7.44. The number of nitrogens with zero attached hydrogens (tertiary/aromatic N) is 8. The number of aliphatic carboxylic acids is 1. The number of rotatable bonds is 7. The van der Waals surface area contributed by atoms with Gasteiger partial charge in [0.25, 0.3) is 0 Å². The number of carbonyl (C=O) groups is 1. The summed E-state index contributed by atoms with van der Waals surface area (Å²) in [5.41, 5.74) is -3.51. The molecule has 0 aromatic heterocycles. The van der Waals surface area contributed by atoms with E-state index in [0.29, 0.717) is 13.1 Å². The first-order valence-corrected chi connectivity index (χ1v) is 7.41. The van der Waals surface area contributed by atoms with E-state index in [9.17, 15) is 4.79 Å². The van der Waals surface area contributed by atoms with Crippen molar-refractivity contribution < 1.29 is 9.90 Å². The maximum absolute atomic E-state index is 10.7. The summed E-state index contributed by atoms with van der Waals surface area (Å²) in [5, 5.41) is 57.2. The Hall–Kier alpha value is -3.37. The average Bonchev–Trinajstić information content (AvgIpc) is 3.43. The van der Waals surface area contributed by atoms with E-state index in [-0.39, 0.29) is 18.3 Å². The molecule has 0 radical (unpaired) electrons. The lowest BCUT2D eigenvalue weighted by Gasteiger charge is -2.18. The van der Waals surface area contributed by atoms with Gasteiger partial charge in [-0.2, -0.15) is 31.3 Å². The van der Waals surface area contributed by atoms with Crippen LogP contribution in [-0.4, -0.2) is 29.8 Å². The highest BCUT2D eigenvalue weighted by molar-refractivity contribution is 5.83. The SMILES string of the molecule is CC(C#N)CN=NCC(C)C#N.CCC(C#N)(C#N)C1(C(=O)O)N=N1. The summed E-state index contributed by atoms with van der Waals surface area (Å²) in [5.74, 6) is -1.53. The van der Waals surface area contributed by atoms with Gasteiger partial charge in [0, 0.05) is 0 Å². The first kappa shape index (κ1) is 21.6. The lowest BCUT2D eigenvalue weighted by molar-refractivity contribution is -0.142. The Morgan fingerprint density at radius 1 is 1.08 bits per heavy atom. The van der Waals surface area contributed by atoms with Crippen LogP contribution in [0.15, 0.2) is 20.5 Å². The van der Waals surface area contributed by atoms with Crippen LogP contribution in [0.4, 0.5) is 0 Å². The molecule has 1 rings (SSSR count). The molecule has 0 aliphatic carbocycles. The fourth-order valence-corrected chi connectivity index (χ4v) is 1.52. The third kappa shape index (κ3) is 5.34. The van der Waals surface area contributed by atoms with Crippen molar-refractivity contribution in [2.75, 3.05) is 13.1 Å². The summed E-state index contributed by atoms with van der Waals surface area (Å²) in [4.78, 5) is 10.7. The van der Waals surface area contributed by atoms with E-state index >= 15 is 0 Å². The number of hydrogen-bond acceptors (Lipinski definition) is 9. The molecule has 2 atom stereocenters. The Bertz CT molecular complexity index is 657. The second-order valence-corrected chi connectivity index (χ2v) is 5.37. The number of carboxylic acid groups (broad SMARTS) is 1. The Balaban J connectivity index is 0.000000463. The zero-order valence-electron chi connectivity index (χ0n) is 14.2. The Kier molecular flexibility index (Phi) is 8.39. The molecule has 0 spiro atoms. The third-order valence-electron chi connectivity index (χ3n) is 3.36. The minimum atomic E-state index is -1.84. The molecule has 0 fully saturated rings. The van der Waals surface area contributed by atoms with Crippen molar-refractivity contribution in [3.8, 4) is 24.3 Å². The monoisotopic (exact) mass is 342 g/mol. The summed E-state index contributed by atoms with van der Waals surface area (Å²) in [7, 11) is 0. The van der Waals surface area contributed by atoms with Crippen molar-refractivity contribution in [2.24, 2.45) is 37.7 Å². The van der Waals surface area contributed by atoms with Gasteiger partial charge in [0.15, 0.2) is 0 Å². The zero-order valence-corrected chi connectivity index (χ0v) is 14.2. The van der Waals surface area contributed by atoms with E-state index in [1.54, 1.807) is 32.9 Å². The molecule has 1 heterocycles. The van der Waals surface area contributed by atoms with E-state index in [0.717, 1.165) is 0 Å². The molecule has 2 unspecified atom stereocenters. The summed E-state index contributed by atoms with van der Waals surface area (Å²) in [6.07, 6.45) is 0.0826. The van der Waals surface area contributed by atoms with Crippen LogP contribution >= 0.6 is 0 Å². The third-order valence-corrected chi connectivity index (χ3v) is 3.36. The highest BCUT2D eigenvalue weighted by Crippen LogP contribution is 2.47. The molecule has 1 N–H and O–H groups in total. The average molecular weight is 342 g/mol. The van der Waals surface area contributed by atoms with E-state index in [1.807, 2.05) is 12.1 Å². The number of carboxylic acids is 1. The van der Waals surface area contributed by atoms with Crippen LogP contribution in [0, 0.1) is 62.6 Å². The molecule has 130 valence electrons. The first-order valence-electron chi connectivity index (χ1n) is 7.41. The van der Waals surface area contributed by atoms with Crippen molar-refractivity contribution in [3.63, 3.8) is 0 Å². The second kappa shape index (κ2) is 9.70. The molecule has 0 saturated carbocycles. The predicted octanol–water partition coefficient (Wildman–Crippen LogP) is 2.43. The molecule has 0 aromatic carbocycles. The Morgan fingerprint density at radius 2 is 1.48 bits per heavy atom. The van der Waals surface area contributed by atoms with Gasteiger partial charge < -0.3 is 5.11 Å². The Morgan fingerprint density at radius 3 is 1.64 bits per heavy atom. The van der Waals surface area contributed by atoms with Crippen molar-refractivity contribution in [2.45, 2.75) is 32.9 Å². The molecule has 0 aromatic rings. The van der Waals surface area contributed by atoms with Crippen LogP contribution < -0.4 is 0 Å². The van der Waals surface area contributed by atoms with Crippen LogP contribution in [0.1, 0.15) is 27.2 Å². The quantitative estimate of drug-likeness (QED) is 0.692. The van der Waals surface area contributed by atoms with Crippen LogP contribution in [0.25, 0.3) is 0 Å². The van der Waals surface area contributed by atoms with E-state index < -0.39 is 17.0 Å². The summed E-state index contributed by atoms with van der Waals surface area (Å²) < 4.78 is 0.